The van der Waals surface area contributed by atoms with E-state index < -0.39 is 4.92 Å². The van der Waals surface area contributed by atoms with Gasteiger partial charge in [0.1, 0.15) is 5.01 Å². The quantitative estimate of drug-likeness (QED) is 0.490. The summed E-state index contributed by atoms with van der Waals surface area (Å²) in [5.74, 6) is 0.439. The number of para-hydroxylation sites is 1. The molecule has 0 aliphatic heterocycles. The van der Waals surface area contributed by atoms with Gasteiger partial charge in [-0.25, -0.2) is 0 Å². The maximum Gasteiger partial charge on any atom is 0.311 e. The molecule has 6 nitrogen and oxygen atoms in total. The van der Waals surface area contributed by atoms with Crippen LogP contribution in [0, 0.1) is 10.1 Å². The molecule has 0 atom stereocenters. The van der Waals surface area contributed by atoms with Gasteiger partial charge in [0.2, 0.25) is 5.75 Å². The van der Waals surface area contributed by atoms with Gasteiger partial charge < -0.3 is 4.74 Å². The minimum absolute atomic E-state index is 0.0994. The number of hydrogen-bond acceptors (Lipinski definition) is 6. The van der Waals surface area contributed by atoms with Gasteiger partial charge in [-0.1, -0.05) is 17.4 Å². The average Bonchev–Trinajstić information content (AvgIpc) is 2.86. The molecule has 0 saturated carbocycles. The molecule has 0 amide bonds. The van der Waals surface area contributed by atoms with Gasteiger partial charge >= 0.3 is 5.69 Å². The highest BCUT2D eigenvalue weighted by Gasteiger charge is 2.21. The lowest BCUT2D eigenvalue weighted by atomic mass is 10.2. The standard InChI is InChI=1S/C10H8ClN3O3S/c1-17-9-6(3-2-4-7(9)14(15)16)10-13-12-8(5-11)18-10/h2-4H,5H2,1H3. The molecular formula is C10H8ClN3O3S. The summed E-state index contributed by atoms with van der Waals surface area (Å²) in [4.78, 5) is 10.4. The summed E-state index contributed by atoms with van der Waals surface area (Å²) in [5.41, 5.74) is 0.443. The van der Waals surface area contributed by atoms with E-state index in [1.54, 1.807) is 12.1 Å². The Kier molecular flexibility index (Phi) is 3.73. The van der Waals surface area contributed by atoms with Gasteiger partial charge in [-0.15, -0.1) is 21.8 Å². The first kappa shape index (κ1) is 12.7. The van der Waals surface area contributed by atoms with Crippen LogP contribution in [0.1, 0.15) is 5.01 Å². The molecule has 1 aromatic carbocycles. The maximum absolute atomic E-state index is 10.9. The lowest BCUT2D eigenvalue weighted by Crippen LogP contribution is -1.95. The second-order valence-corrected chi connectivity index (χ2v) is 4.58. The van der Waals surface area contributed by atoms with E-state index in [1.165, 1.54) is 24.5 Å². The van der Waals surface area contributed by atoms with Gasteiger partial charge in [-0.2, -0.15) is 0 Å². The fourth-order valence-corrected chi connectivity index (χ4v) is 2.40. The lowest BCUT2D eigenvalue weighted by Gasteiger charge is -2.05. The van der Waals surface area contributed by atoms with Crippen molar-refractivity contribution in [3.63, 3.8) is 0 Å². The van der Waals surface area contributed by atoms with Crippen molar-refractivity contribution in [1.29, 1.82) is 0 Å². The summed E-state index contributed by atoms with van der Waals surface area (Å²) in [6, 6.07) is 4.66. The SMILES string of the molecule is COc1c(-c2nnc(CCl)s2)cccc1[N+](=O)[O-]. The molecule has 0 N–H and O–H groups in total. The molecule has 2 aromatic rings. The Balaban J connectivity index is 2.56. The Labute approximate surface area is 111 Å². The van der Waals surface area contributed by atoms with E-state index in [2.05, 4.69) is 10.2 Å². The summed E-state index contributed by atoms with van der Waals surface area (Å²) in [7, 11) is 1.38. The van der Waals surface area contributed by atoms with Gasteiger partial charge in [0, 0.05) is 6.07 Å². The van der Waals surface area contributed by atoms with Crippen LogP contribution in [0.4, 0.5) is 5.69 Å². The zero-order valence-electron chi connectivity index (χ0n) is 9.29. The van der Waals surface area contributed by atoms with Gasteiger partial charge in [0.15, 0.2) is 5.01 Å². The normalized spacial score (nSPS) is 10.3. The van der Waals surface area contributed by atoms with Crippen LogP contribution >= 0.6 is 22.9 Å². The third-order valence-corrected chi connectivity index (χ3v) is 3.57. The zero-order valence-corrected chi connectivity index (χ0v) is 10.9. The van der Waals surface area contributed by atoms with Crippen molar-refractivity contribution in [3.05, 3.63) is 33.3 Å². The van der Waals surface area contributed by atoms with E-state index in [0.29, 0.717) is 15.6 Å². The minimum Gasteiger partial charge on any atom is -0.490 e. The fourth-order valence-electron chi connectivity index (χ4n) is 1.47. The molecule has 0 aliphatic carbocycles. The molecule has 0 bridgehead atoms. The number of nitro benzene ring substituents is 1. The summed E-state index contributed by atoms with van der Waals surface area (Å²) >= 11 is 6.93. The Morgan fingerprint density at radius 2 is 2.28 bits per heavy atom. The first-order valence-corrected chi connectivity index (χ1v) is 6.22. The van der Waals surface area contributed by atoms with Crippen molar-refractivity contribution in [1.82, 2.24) is 10.2 Å². The van der Waals surface area contributed by atoms with Crippen LogP contribution in [0.5, 0.6) is 5.75 Å². The van der Waals surface area contributed by atoms with Crippen LogP contribution in [0.15, 0.2) is 18.2 Å². The van der Waals surface area contributed by atoms with Crippen molar-refractivity contribution in [3.8, 4) is 16.3 Å². The third kappa shape index (κ3) is 2.27. The molecule has 0 unspecified atom stereocenters. The van der Waals surface area contributed by atoms with Crippen molar-refractivity contribution in [2.45, 2.75) is 5.88 Å². The van der Waals surface area contributed by atoms with Gasteiger partial charge in [0.25, 0.3) is 0 Å². The van der Waals surface area contributed by atoms with Crippen molar-refractivity contribution < 1.29 is 9.66 Å². The van der Waals surface area contributed by atoms with Crippen LogP contribution in [0.2, 0.25) is 0 Å². The van der Waals surface area contributed by atoms with Crippen molar-refractivity contribution in [2.75, 3.05) is 7.11 Å². The number of nitro groups is 1. The molecule has 1 aromatic heterocycles. The van der Waals surface area contributed by atoms with Crippen LogP contribution in [0.3, 0.4) is 0 Å². The Morgan fingerprint density at radius 1 is 1.50 bits per heavy atom. The van der Waals surface area contributed by atoms with E-state index in [4.69, 9.17) is 16.3 Å². The number of rotatable bonds is 4. The number of aromatic nitrogens is 2. The number of halogens is 1. The van der Waals surface area contributed by atoms with E-state index in [9.17, 15) is 10.1 Å². The molecule has 0 fully saturated rings. The van der Waals surface area contributed by atoms with E-state index in [0.717, 1.165) is 0 Å². The molecule has 0 saturated heterocycles. The Bertz CT molecular complexity index is 587. The Morgan fingerprint density at radius 3 is 2.83 bits per heavy atom. The second-order valence-electron chi connectivity index (χ2n) is 3.25. The van der Waals surface area contributed by atoms with E-state index in [1.807, 2.05) is 0 Å². The predicted octanol–water partition coefficient (Wildman–Crippen LogP) is 2.86. The molecule has 8 heteroatoms. The van der Waals surface area contributed by atoms with Gasteiger partial charge in [0.05, 0.1) is 23.5 Å². The Hall–Kier alpha value is -1.73. The topological polar surface area (TPSA) is 78.2 Å². The number of hydrogen-bond donors (Lipinski definition) is 0. The molecule has 2 rings (SSSR count). The zero-order chi connectivity index (χ0) is 13.1. The molecule has 0 radical (unpaired) electrons. The summed E-state index contributed by atoms with van der Waals surface area (Å²) in [6.45, 7) is 0. The summed E-state index contributed by atoms with van der Waals surface area (Å²) in [6.07, 6.45) is 0. The summed E-state index contributed by atoms with van der Waals surface area (Å²) < 4.78 is 5.10. The predicted molar refractivity (Wildman–Crippen MR) is 68.1 cm³/mol. The molecule has 0 aliphatic rings. The lowest BCUT2D eigenvalue weighted by molar-refractivity contribution is -0.385. The number of nitrogens with zero attached hydrogens (tertiary/aromatic N) is 3. The first-order chi connectivity index (χ1) is 8.67. The summed E-state index contributed by atoms with van der Waals surface area (Å²) in [5, 5.41) is 19.9. The highest BCUT2D eigenvalue weighted by molar-refractivity contribution is 7.14. The van der Waals surface area contributed by atoms with E-state index >= 15 is 0 Å². The first-order valence-electron chi connectivity index (χ1n) is 4.87. The van der Waals surface area contributed by atoms with E-state index in [-0.39, 0.29) is 17.3 Å². The van der Waals surface area contributed by atoms with Gasteiger partial charge in [-0.05, 0) is 6.07 Å². The third-order valence-electron chi connectivity index (χ3n) is 2.21. The largest absolute Gasteiger partial charge is 0.490 e. The fraction of sp³-hybridized carbons (Fsp3) is 0.200. The highest BCUT2D eigenvalue weighted by Crippen LogP contribution is 2.38. The molecule has 94 valence electrons. The van der Waals surface area contributed by atoms with Crippen LogP contribution in [-0.2, 0) is 5.88 Å². The average molecular weight is 286 g/mol. The maximum atomic E-state index is 10.9. The number of alkyl halides is 1. The molecular weight excluding hydrogens is 278 g/mol. The number of ether oxygens (including phenoxy) is 1. The highest BCUT2D eigenvalue weighted by atomic mass is 35.5. The van der Waals surface area contributed by atoms with Crippen molar-refractivity contribution in [2.24, 2.45) is 0 Å². The molecule has 0 spiro atoms. The van der Waals surface area contributed by atoms with Gasteiger partial charge in [-0.3, -0.25) is 10.1 Å². The monoisotopic (exact) mass is 285 g/mol. The van der Waals surface area contributed by atoms with Crippen molar-refractivity contribution >= 4 is 28.6 Å². The smallest absolute Gasteiger partial charge is 0.311 e. The van der Waals surface area contributed by atoms with Crippen LogP contribution in [-0.4, -0.2) is 22.2 Å². The van der Waals surface area contributed by atoms with Crippen LogP contribution < -0.4 is 4.74 Å². The van der Waals surface area contributed by atoms with Crippen LogP contribution in [0.25, 0.3) is 10.6 Å². The molecule has 1 heterocycles. The number of benzene rings is 1. The number of methoxy groups -OCH3 is 1. The second kappa shape index (κ2) is 5.28. The molecule has 18 heavy (non-hydrogen) atoms. The minimum atomic E-state index is -0.494.